The number of halogens is 6. The van der Waals surface area contributed by atoms with Crippen LogP contribution in [0.5, 0.6) is 0 Å². The Kier molecular flexibility index (Phi) is 8.05. The van der Waals surface area contributed by atoms with Crippen molar-refractivity contribution in [2.45, 2.75) is 91.6 Å². The van der Waals surface area contributed by atoms with Gasteiger partial charge >= 0.3 is 26.2 Å². The van der Waals surface area contributed by atoms with Crippen LogP contribution in [-0.4, -0.2) is 25.0 Å². The highest BCUT2D eigenvalue weighted by molar-refractivity contribution is 6.68. The second-order valence-corrected chi connectivity index (χ2v) is 14.7. The Bertz CT molecular complexity index is 1400. The zero-order valence-corrected chi connectivity index (χ0v) is 27.0. The minimum Gasteiger partial charge on any atom is -0.426 e. The van der Waals surface area contributed by atoms with E-state index in [1.54, 1.807) is 24.3 Å². The molecule has 11 heteroatoms. The van der Waals surface area contributed by atoms with Gasteiger partial charge in [0.15, 0.2) is 0 Å². The number of hydrogen-bond acceptors (Lipinski definition) is 3. The van der Waals surface area contributed by atoms with E-state index in [2.05, 4.69) is 27.7 Å². The van der Waals surface area contributed by atoms with E-state index in [1.807, 2.05) is 52.0 Å². The molecule has 0 bridgehead atoms. The van der Waals surface area contributed by atoms with Crippen LogP contribution in [0.4, 0.5) is 43.4 Å². The van der Waals surface area contributed by atoms with Crippen LogP contribution >= 0.6 is 0 Å². The quantitative estimate of drug-likeness (QED) is 0.208. The molecule has 2 fully saturated rings. The number of hydrogen-bond donors (Lipinski definition) is 0. The lowest BCUT2D eigenvalue weighted by Crippen LogP contribution is -2.36. The molecule has 0 radical (unpaired) electrons. The summed E-state index contributed by atoms with van der Waals surface area (Å²) in [5, 5.41) is 0. The van der Waals surface area contributed by atoms with Gasteiger partial charge in [-0.15, -0.1) is 0 Å². The molecule has 0 atom stereocenters. The molecule has 45 heavy (non-hydrogen) atoms. The van der Waals surface area contributed by atoms with Crippen molar-refractivity contribution in [2.24, 2.45) is 10.8 Å². The van der Waals surface area contributed by atoms with Gasteiger partial charge < -0.3 is 14.2 Å². The molecule has 2 aliphatic heterocycles. The highest BCUT2D eigenvalue weighted by Crippen LogP contribution is 2.47. The number of benzene rings is 3. The summed E-state index contributed by atoms with van der Waals surface area (Å²) in [5.41, 5.74) is -1.34. The summed E-state index contributed by atoms with van der Waals surface area (Å²) < 4.78 is 96.0. The largest absolute Gasteiger partial charge is 0.426 e. The Morgan fingerprint density at radius 2 is 0.867 bits per heavy atom. The van der Waals surface area contributed by atoms with Crippen LogP contribution in [0.1, 0.15) is 66.5 Å². The molecule has 3 aromatic rings. The maximum atomic E-state index is 13.9. The molecule has 3 nitrogen and oxygen atoms in total. The average Bonchev–Trinajstić information content (AvgIpc) is 3.28. The number of anilines is 3. The van der Waals surface area contributed by atoms with E-state index in [0.717, 1.165) is 35.7 Å². The van der Waals surface area contributed by atoms with E-state index >= 15 is 0 Å². The minimum atomic E-state index is -4.98. The van der Waals surface area contributed by atoms with Crippen molar-refractivity contribution in [3.05, 3.63) is 77.9 Å². The molecule has 0 unspecified atom stereocenters. The first-order valence-electron chi connectivity index (χ1n) is 15.2. The SMILES string of the molecule is CC1(C)CB(c2ccc(N(c3ccc(B4CC(C)(C)C(C)(C)O4)cc3)c3cc(C(F)(F)F)cc(C(F)(F)F)c3)cc2)OC1(C)C. The van der Waals surface area contributed by atoms with E-state index in [0.29, 0.717) is 11.4 Å². The van der Waals surface area contributed by atoms with Crippen molar-refractivity contribution in [3.8, 4) is 0 Å². The van der Waals surface area contributed by atoms with Crippen molar-refractivity contribution in [3.63, 3.8) is 0 Å². The summed E-state index contributed by atoms with van der Waals surface area (Å²) in [5.74, 6) is 0. The van der Waals surface area contributed by atoms with Crippen LogP contribution < -0.4 is 15.8 Å². The highest BCUT2D eigenvalue weighted by Gasteiger charge is 2.51. The average molecular weight is 629 g/mol. The molecular weight excluding hydrogens is 590 g/mol. The smallest absolute Gasteiger partial charge is 0.416 e. The summed E-state index contributed by atoms with van der Waals surface area (Å²) >= 11 is 0. The van der Waals surface area contributed by atoms with Crippen molar-refractivity contribution < 1.29 is 35.7 Å². The lowest BCUT2D eigenvalue weighted by Gasteiger charge is -2.34. The summed E-state index contributed by atoms with van der Waals surface area (Å²) in [6, 6.07) is 15.8. The van der Waals surface area contributed by atoms with Gasteiger partial charge in [0.2, 0.25) is 0 Å². The van der Waals surface area contributed by atoms with Crippen LogP contribution in [0.2, 0.25) is 12.6 Å². The Labute approximate surface area is 262 Å². The lowest BCUT2D eigenvalue weighted by molar-refractivity contribution is -0.143. The fourth-order valence-corrected chi connectivity index (χ4v) is 6.09. The second-order valence-electron chi connectivity index (χ2n) is 14.7. The van der Waals surface area contributed by atoms with Crippen molar-refractivity contribution >= 4 is 41.8 Å². The van der Waals surface area contributed by atoms with Gasteiger partial charge in [0.1, 0.15) is 0 Å². The van der Waals surface area contributed by atoms with Crippen molar-refractivity contribution in [2.75, 3.05) is 4.90 Å². The fraction of sp³-hybridized carbons (Fsp3) is 0.471. The first-order chi connectivity index (χ1) is 20.5. The van der Waals surface area contributed by atoms with Gasteiger partial charge in [-0.25, -0.2) is 0 Å². The molecule has 0 aliphatic carbocycles. The van der Waals surface area contributed by atoms with Crippen LogP contribution in [0.15, 0.2) is 66.7 Å². The van der Waals surface area contributed by atoms with E-state index < -0.39 is 23.5 Å². The second kappa shape index (κ2) is 10.8. The monoisotopic (exact) mass is 629 g/mol. The van der Waals surface area contributed by atoms with Crippen LogP contribution in [0, 0.1) is 10.8 Å². The molecule has 3 aromatic carbocycles. The first-order valence-corrected chi connectivity index (χ1v) is 15.2. The Hall–Kier alpha value is -2.91. The normalized spacial score (nSPS) is 20.5. The Balaban J connectivity index is 1.58. The standard InChI is InChI=1S/C34H39B2F6NO2/c1-29(2)20-35(44-31(29,5)6)24-9-13-26(14-10-24)43(28-18-22(33(37,38)39)17-23(19-28)34(40,41)42)27-15-11-25(12-16-27)36-21-30(3,4)32(7,8)45-36/h9-19H,20-21H2,1-8H3. The zero-order chi connectivity index (χ0) is 33.4. The Morgan fingerprint density at radius 1 is 0.533 bits per heavy atom. The first kappa shape index (κ1) is 33.5. The zero-order valence-electron chi connectivity index (χ0n) is 27.0. The highest BCUT2D eigenvalue weighted by atomic mass is 19.4. The molecule has 2 heterocycles. The predicted molar refractivity (Wildman–Crippen MR) is 169 cm³/mol. The van der Waals surface area contributed by atoms with Gasteiger partial charge in [-0.2, -0.15) is 26.3 Å². The molecule has 2 aliphatic rings. The number of rotatable bonds is 5. The van der Waals surface area contributed by atoms with Gasteiger partial charge in [0.05, 0.1) is 22.3 Å². The van der Waals surface area contributed by atoms with E-state index in [-0.39, 0.29) is 47.6 Å². The molecule has 0 aromatic heterocycles. The van der Waals surface area contributed by atoms with Gasteiger partial charge in [-0.05, 0) is 105 Å². The minimum absolute atomic E-state index is 0.0936. The topological polar surface area (TPSA) is 21.7 Å². The van der Waals surface area contributed by atoms with Gasteiger partial charge in [-0.1, -0.05) is 52.0 Å². The Morgan fingerprint density at radius 3 is 1.13 bits per heavy atom. The summed E-state index contributed by atoms with van der Waals surface area (Å²) in [7, 11) is 0. The summed E-state index contributed by atoms with van der Waals surface area (Å²) in [4.78, 5) is 1.42. The van der Waals surface area contributed by atoms with Crippen LogP contribution in [-0.2, 0) is 21.7 Å². The van der Waals surface area contributed by atoms with E-state index in [9.17, 15) is 26.3 Å². The maximum Gasteiger partial charge on any atom is 0.416 e. The fourth-order valence-electron chi connectivity index (χ4n) is 6.09. The third kappa shape index (κ3) is 6.39. The van der Waals surface area contributed by atoms with Gasteiger partial charge in [0, 0.05) is 17.1 Å². The van der Waals surface area contributed by atoms with Crippen LogP contribution in [0.25, 0.3) is 0 Å². The van der Waals surface area contributed by atoms with E-state index in [1.165, 1.54) is 4.90 Å². The molecular formula is C34H39B2F6NO2. The lowest BCUT2D eigenvalue weighted by atomic mass is 9.54. The molecule has 2 saturated heterocycles. The van der Waals surface area contributed by atoms with Crippen LogP contribution in [0.3, 0.4) is 0 Å². The van der Waals surface area contributed by atoms with Crippen molar-refractivity contribution in [1.82, 2.24) is 0 Å². The number of nitrogens with zero attached hydrogens (tertiary/aromatic N) is 1. The molecule has 0 N–H and O–H groups in total. The van der Waals surface area contributed by atoms with E-state index in [4.69, 9.17) is 9.31 Å². The third-order valence-corrected chi connectivity index (χ3v) is 10.4. The molecule has 240 valence electrons. The summed E-state index contributed by atoms with van der Waals surface area (Å²) in [6.45, 7) is 16.3. The number of alkyl halides is 6. The maximum absolute atomic E-state index is 13.9. The molecule has 5 rings (SSSR count). The van der Waals surface area contributed by atoms with Gasteiger partial charge in [-0.3, -0.25) is 0 Å². The molecule has 0 saturated carbocycles. The predicted octanol–water partition coefficient (Wildman–Crippen LogP) is 9.26. The summed E-state index contributed by atoms with van der Waals surface area (Å²) in [6.07, 6.45) is -8.42. The third-order valence-electron chi connectivity index (χ3n) is 10.4. The van der Waals surface area contributed by atoms with Gasteiger partial charge in [0.25, 0.3) is 0 Å². The van der Waals surface area contributed by atoms with Crippen molar-refractivity contribution in [1.29, 1.82) is 0 Å². The molecule has 0 amide bonds. The molecule has 0 spiro atoms.